The third kappa shape index (κ3) is 2.20. The van der Waals surface area contributed by atoms with Crippen molar-refractivity contribution in [3.63, 3.8) is 0 Å². The molecule has 0 aromatic carbocycles. The third-order valence-electron chi connectivity index (χ3n) is 2.12. The van der Waals surface area contributed by atoms with Gasteiger partial charge in [-0.05, 0) is 13.8 Å². The van der Waals surface area contributed by atoms with Crippen molar-refractivity contribution in [3.05, 3.63) is 15.5 Å². The van der Waals surface area contributed by atoms with E-state index in [4.69, 9.17) is 26.2 Å². The summed E-state index contributed by atoms with van der Waals surface area (Å²) < 4.78 is 11.2. The fourth-order valence-corrected chi connectivity index (χ4v) is 2.56. The molecule has 2 unspecified atom stereocenters. The van der Waals surface area contributed by atoms with E-state index in [1.54, 1.807) is 13.8 Å². The Bertz CT molecular complexity index is 419. The second kappa shape index (κ2) is 3.96. The standard InChI is InChI=1S/C9H10ClNO4S/c1-9(2)14-5(6(15-9)7(12)13)4-3-11-8(10)16-4/h3,5-6H,1-2H3,(H,12,13). The van der Waals surface area contributed by atoms with Crippen LogP contribution in [-0.2, 0) is 14.3 Å². The first-order chi connectivity index (χ1) is 7.39. The van der Waals surface area contributed by atoms with Gasteiger partial charge in [0.25, 0.3) is 0 Å². The maximum Gasteiger partial charge on any atom is 0.336 e. The highest BCUT2D eigenvalue weighted by atomic mass is 35.5. The Morgan fingerprint density at radius 3 is 2.81 bits per heavy atom. The molecule has 2 atom stereocenters. The van der Waals surface area contributed by atoms with E-state index >= 15 is 0 Å². The van der Waals surface area contributed by atoms with Crippen LogP contribution in [0, 0.1) is 0 Å². The van der Waals surface area contributed by atoms with E-state index in [2.05, 4.69) is 4.98 Å². The summed E-state index contributed by atoms with van der Waals surface area (Å²) >= 11 is 6.89. The monoisotopic (exact) mass is 263 g/mol. The van der Waals surface area contributed by atoms with Crippen molar-refractivity contribution in [2.45, 2.75) is 31.8 Å². The molecule has 1 fully saturated rings. The maximum atomic E-state index is 11.0. The quantitative estimate of drug-likeness (QED) is 0.885. The summed E-state index contributed by atoms with van der Waals surface area (Å²) in [6.07, 6.45) is -0.165. The first-order valence-corrected chi connectivity index (χ1v) is 5.78. The van der Waals surface area contributed by atoms with Crippen molar-refractivity contribution >= 4 is 28.9 Å². The highest BCUT2D eigenvalue weighted by molar-refractivity contribution is 7.15. The van der Waals surface area contributed by atoms with E-state index in [0.29, 0.717) is 9.34 Å². The maximum absolute atomic E-state index is 11.0. The number of carbonyl (C=O) groups is 1. The number of nitrogens with zero attached hydrogens (tertiary/aromatic N) is 1. The molecule has 16 heavy (non-hydrogen) atoms. The lowest BCUT2D eigenvalue weighted by Gasteiger charge is -2.15. The molecule has 0 spiro atoms. The second-order valence-electron chi connectivity index (χ2n) is 3.83. The number of carboxylic acid groups (broad SMARTS) is 1. The number of rotatable bonds is 2. The van der Waals surface area contributed by atoms with E-state index in [-0.39, 0.29) is 0 Å². The van der Waals surface area contributed by atoms with Gasteiger partial charge in [0.15, 0.2) is 16.4 Å². The number of carboxylic acids is 1. The minimum atomic E-state index is -1.06. The van der Waals surface area contributed by atoms with Gasteiger partial charge in [-0.1, -0.05) is 11.6 Å². The molecule has 1 aromatic rings. The van der Waals surface area contributed by atoms with Gasteiger partial charge in [0.05, 0.1) is 4.88 Å². The van der Waals surface area contributed by atoms with Gasteiger partial charge in [-0.15, -0.1) is 11.3 Å². The molecule has 2 rings (SSSR count). The molecule has 2 heterocycles. The highest BCUT2D eigenvalue weighted by Gasteiger charge is 2.46. The smallest absolute Gasteiger partial charge is 0.336 e. The molecule has 0 bridgehead atoms. The average Bonchev–Trinajstić information content (AvgIpc) is 2.69. The van der Waals surface area contributed by atoms with Crippen molar-refractivity contribution in [1.82, 2.24) is 4.98 Å². The Morgan fingerprint density at radius 1 is 1.62 bits per heavy atom. The van der Waals surface area contributed by atoms with Gasteiger partial charge in [0.1, 0.15) is 6.10 Å². The molecule has 1 N–H and O–H groups in total. The van der Waals surface area contributed by atoms with Gasteiger partial charge < -0.3 is 14.6 Å². The summed E-state index contributed by atoms with van der Waals surface area (Å²) in [6.45, 7) is 3.34. The lowest BCUT2D eigenvalue weighted by atomic mass is 10.2. The van der Waals surface area contributed by atoms with E-state index < -0.39 is 24.0 Å². The second-order valence-corrected chi connectivity index (χ2v) is 5.47. The Kier molecular flexibility index (Phi) is 2.91. The lowest BCUT2D eigenvalue weighted by molar-refractivity contribution is -0.165. The van der Waals surface area contributed by atoms with Crippen LogP contribution in [0.4, 0.5) is 0 Å². The predicted octanol–water partition coefficient (Wildman–Crippen LogP) is 2.07. The van der Waals surface area contributed by atoms with E-state index in [1.165, 1.54) is 17.5 Å². The normalized spacial score (nSPS) is 28.2. The predicted molar refractivity (Wildman–Crippen MR) is 57.5 cm³/mol. The van der Waals surface area contributed by atoms with Crippen LogP contribution in [0.3, 0.4) is 0 Å². The number of thiazole rings is 1. The summed E-state index contributed by atoms with van der Waals surface area (Å²) in [5.41, 5.74) is 0. The number of ether oxygens (including phenoxy) is 2. The van der Waals surface area contributed by atoms with Crippen LogP contribution < -0.4 is 0 Å². The van der Waals surface area contributed by atoms with E-state index in [0.717, 1.165) is 0 Å². The number of aliphatic carboxylic acids is 1. The highest BCUT2D eigenvalue weighted by Crippen LogP contribution is 2.40. The van der Waals surface area contributed by atoms with Gasteiger partial charge >= 0.3 is 5.97 Å². The first-order valence-electron chi connectivity index (χ1n) is 4.59. The zero-order chi connectivity index (χ0) is 11.9. The lowest BCUT2D eigenvalue weighted by Crippen LogP contribution is -2.27. The number of hydrogen-bond donors (Lipinski definition) is 1. The van der Waals surface area contributed by atoms with Crippen molar-refractivity contribution in [1.29, 1.82) is 0 Å². The summed E-state index contributed by atoms with van der Waals surface area (Å²) in [5.74, 6) is -1.97. The molecule has 0 aliphatic carbocycles. The minimum absolute atomic E-state index is 0.354. The van der Waals surface area contributed by atoms with Crippen LogP contribution in [0.1, 0.15) is 24.8 Å². The SMILES string of the molecule is CC1(C)OC(C(=O)O)C(c2cnc(Cl)s2)O1. The molecule has 7 heteroatoms. The van der Waals surface area contributed by atoms with Crippen molar-refractivity contribution in [2.75, 3.05) is 0 Å². The summed E-state index contributed by atoms with van der Waals surface area (Å²) in [4.78, 5) is 15.5. The van der Waals surface area contributed by atoms with Crippen LogP contribution >= 0.6 is 22.9 Å². The number of hydrogen-bond acceptors (Lipinski definition) is 5. The van der Waals surface area contributed by atoms with Crippen LogP contribution in [0.5, 0.6) is 0 Å². The number of aromatic nitrogens is 1. The molecule has 0 amide bonds. The van der Waals surface area contributed by atoms with Crippen molar-refractivity contribution in [3.8, 4) is 0 Å². The molecule has 1 aliphatic rings. The zero-order valence-corrected chi connectivity index (χ0v) is 10.2. The topological polar surface area (TPSA) is 68.7 Å². The largest absolute Gasteiger partial charge is 0.479 e. The minimum Gasteiger partial charge on any atom is -0.479 e. The Labute approximate surface area is 101 Å². The third-order valence-corrected chi connectivity index (χ3v) is 3.29. The van der Waals surface area contributed by atoms with Gasteiger partial charge in [-0.2, -0.15) is 0 Å². The van der Waals surface area contributed by atoms with Crippen LogP contribution in [-0.4, -0.2) is 28.0 Å². The Morgan fingerprint density at radius 2 is 2.31 bits per heavy atom. The van der Waals surface area contributed by atoms with Crippen LogP contribution in [0.15, 0.2) is 6.20 Å². The van der Waals surface area contributed by atoms with Crippen molar-refractivity contribution in [2.24, 2.45) is 0 Å². The van der Waals surface area contributed by atoms with Gasteiger partial charge in [-0.25, -0.2) is 9.78 Å². The fraction of sp³-hybridized carbons (Fsp3) is 0.556. The molecule has 1 saturated heterocycles. The van der Waals surface area contributed by atoms with Crippen molar-refractivity contribution < 1.29 is 19.4 Å². The first kappa shape index (κ1) is 11.8. The van der Waals surface area contributed by atoms with E-state index in [9.17, 15) is 4.79 Å². The summed E-state index contributed by atoms with van der Waals surface area (Å²) in [6, 6.07) is 0. The fourth-order valence-electron chi connectivity index (χ4n) is 1.55. The van der Waals surface area contributed by atoms with Gasteiger partial charge in [0, 0.05) is 6.20 Å². The van der Waals surface area contributed by atoms with Gasteiger partial charge in [0.2, 0.25) is 0 Å². The Hall–Kier alpha value is -0.690. The van der Waals surface area contributed by atoms with Gasteiger partial charge in [-0.3, -0.25) is 0 Å². The average molecular weight is 264 g/mol. The van der Waals surface area contributed by atoms with Crippen LogP contribution in [0.25, 0.3) is 0 Å². The van der Waals surface area contributed by atoms with Crippen LogP contribution in [0.2, 0.25) is 4.47 Å². The molecule has 1 aromatic heterocycles. The molecule has 88 valence electrons. The molecule has 1 aliphatic heterocycles. The molecule has 0 saturated carbocycles. The number of halogens is 1. The Balaban J connectivity index is 2.29. The zero-order valence-electron chi connectivity index (χ0n) is 8.64. The molecule has 5 nitrogen and oxygen atoms in total. The summed E-state index contributed by atoms with van der Waals surface area (Å²) in [5, 5.41) is 9.03. The van der Waals surface area contributed by atoms with E-state index in [1.807, 2.05) is 0 Å². The molecule has 0 radical (unpaired) electrons. The molecular weight excluding hydrogens is 254 g/mol. The molecular formula is C9H10ClNO4S. The summed E-state index contributed by atoms with van der Waals surface area (Å²) in [7, 11) is 0.